The Hall–Kier alpha value is -1.94. The Kier molecular flexibility index (Phi) is 4.12. The largest absolute Gasteiger partial charge is 0.332 e. The van der Waals surface area contributed by atoms with Gasteiger partial charge in [0.15, 0.2) is 5.11 Å². The third kappa shape index (κ3) is 3.76. The van der Waals surface area contributed by atoms with Gasteiger partial charge in [0.25, 0.3) is 0 Å². The first-order valence-electron chi connectivity index (χ1n) is 5.95. The maximum Gasteiger partial charge on any atom is 0.175 e. The van der Waals surface area contributed by atoms with Crippen LogP contribution in [0.25, 0.3) is 0 Å². The van der Waals surface area contributed by atoms with Crippen LogP contribution in [0.1, 0.15) is 11.1 Å². The molecule has 0 bridgehead atoms. The second kappa shape index (κ2) is 5.80. The number of thiocarbonyl (C=S) groups is 1. The van der Waals surface area contributed by atoms with Crippen LogP contribution in [0.5, 0.6) is 0 Å². The zero-order valence-electron chi connectivity index (χ0n) is 10.8. The molecule has 2 aromatic carbocycles. The molecule has 0 aliphatic heterocycles. The van der Waals surface area contributed by atoms with Crippen molar-refractivity contribution in [1.29, 1.82) is 0 Å². The van der Waals surface area contributed by atoms with E-state index in [4.69, 9.17) is 12.2 Å². The van der Waals surface area contributed by atoms with E-state index in [0.717, 1.165) is 11.3 Å². The monoisotopic (exact) mass is 274 g/mol. The van der Waals surface area contributed by atoms with E-state index in [1.54, 1.807) is 12.1 Å². The zero-order valence-corrected chi connectivity index (χ0v) is 11.6. The summed E-state index contributed by atoms with van der Waals surface area (Å²) in [5, 5.41) is 6.25. The first-order chi connectivity index (χ1) is 9.04. The SMILES string of the molecule is Cc1ccc(NC(=S)Nc2cc(C)ccc2F)cc1. The van der Waals surface area contributed by atoms with Gasteiger partial charge in [-0.3, -0.25) is 0 Å². The summed E-state index contributed by atoms with van der Waals surface area (Å²) < 4.78 is 13.6. The number of anilines is 2. The number of benzene rings is 2. The topological polar surface area (TPSA) is 24.1 Å². The third-order valence-corrected chi connectivity index (χ3v) is 2.88. The fourth-order valence-electron chi connectivity index (χ4n) is 1.66. The van der Waals surface area contributed by atoms with Crippen LogP contribution in [0.15, 0.2) is 42.5 Å². The van der Waals surface area contributed by atoms with Crippen LogP contribution in [0.4, 0.5) is 15.8 Å². The molecule has 0 radical (unpaired) electrons. The molecule has 2 nitrogen and oxygen atoms in total. The van der Waals surface area contributed by atoms with Gasteiger partial charge in [-0.25, -0.2) is 4.39 Å². The van der Waals surface area contributed by atoms with Gasteiger partial charge in [-0.05, 0) is 55.9 Å². The van der Waals surface area contributed by atoms with Crippen molar-refractivity contribution in [2.45, 2.75) is 13.8 Å². The molecular weight excluding hydrogens is 259 g/mol. The van der Waals surface area contributed by atoms with Gasteiger partial charge >= 0.3 is 0 Å². The third-order valence-electron chi connectivity index (χ3n) is 2.68. The van der Waals surface area contributed by atoms with Crippen molar-refractivity contribution >= 4 is 28.7 Å². The second-order valence-electron chi connectivity index (χ2n) is 4.43. The highest BCUT2D eigenvalue weighted by molar-refractivity contribution is 7.80. The predicted octanol–water partition coefficient (Wildman–Crippen LogP) is 4.25. The molecule has 0 heterocycles. The number of hydrogen-bond donors (Lipinski definition) is 2. The van der Waals surface area contributed by atoms with E-state index >= 15 is 0 Å². The summed E-state index contributed by atoms with van der Waals surface area (Å²) in [6.45, 7) is 3.92. The van der Waals surface area contributed by atoms with Crippen molar-refractivity contribution in [2.75, 3.05) is 10.6 Å². The van der Waals surface area contributed by atoms with Crippen molar-refractivity contribution in [3.63, 3.8) is 0 Å². The van der Waals surface area contributed by atoms with E-state index in [0.29, 0.717) is 10.8 Å². The van der Waals surface area contributed by atoms with E-state index in [-0.39, 0.29) is 5.82 Å². The van der Waals surface area contributed by atoms with Crippen LogP contribution in [0.2, 0.25) is 0 Å². The van der Waals surface area contributed by atoms with Gasteiger partial charge in [0.2, 0.25) is 0 Å². The molecule has 2 rings (SSSR count). The minimum absolute atomic E-state index is 0.321. The van der Waals surface area contributed by atoms with E-state index in [9.17, 15) is 4.39 Å². The van der Waals surface area contributed by atoms with Crippen LogP contribution >= 0.6 is 12.2 Å². The van der Waals surface area contributed by atoms with Gasteiger partial charge in [-0.1, -0.05) is 23.8 Å². The molecule has 0 aliphatic rings. The molecule has 0 aromatic heterocycles. The van der Waals surface area contributed by atoms with E-state index in [1.807, 2.05) is 38.1 Å². The van der Waals surface area contributed by atoms with Crippen molar-refractivity contribution in [3.05, 3.63) is 59.4 Å². The van der Waals surface area contributed by atoms with Crippen LogP contribution in [-0.4, -0.2) is 5.11 Å². The number of aryl methyl sites for hydroxylation is 2. The Balaban J connectivity index is 2.05. The summed E-state index contributed by atoms with van der Waals surface area (Å²) >= 11 is 5.16. The van der Waals surface area contributed by atoms with Crippen LogP contribution in [-0.2, 0) is 0 Å². The molecule has 0 saturated carbocycles. The molecule has 0 unspecified atom stereocenters. The standard InChI is InChI=1S/C15H15FN2S/c1-10-3-6-12(7-4-10)17-15(19)18-14-9-11(2)5-8-13(14)16/h3-9H,1-2H3,(H2,17,18,19). The summed E-state index contributed by atoms with van der Waals surface area (Å²) in [6, 6.07) is 12.7. The van der Waals surface area contributed by atoms with E-state index in [2.05, 4.69) is 10.6 Å². The zero-order chi connectivity index (χ0) is 13.8. The lowest BCUT2D eigenvalue weighted by atomic mass is 10.2. The first kappa shape index (κ1) is 13.5. The first-order valence-corrected chi connectivity index (χ1v) is 6.36. The lowest BCUT2D eigenvalue weighted by molar-refractivity contribution is 0.632. The Morgan fingerprint density at radius 1 is 0.947 bits per heavy atom. The van der Waals surface area contributed by atoms with Gasteiger partial charge in [0.1, 0.15) is 5.82 Å². The Morgan fingerprint density at radius 2 is 1.58 bits per heavy atom. The second-order valence-corrected chi connectivity index (χ2v) is 4.84. The molecule has 0 saturated heterocycles. The highest BCUT2D eigenvalue weighted by Gasteiger charge is 2.04. The van der Waals surface area contributed by atoms with Crippen molar-refractivity contribution < 1.29 is 4.39 Å². The molecule has 0 fully saturated rings. The molecule has 2 N–H and O–H groups in total. The minimum Gasteiger partial charge on any atom is -0.332 e. The predicted molar refractivity (Wildman–Crippen MR) is 82.2 cm³/mol. The van der Waals surface area contributed by atoms with Crippen molar-refractivity contribution in [2.24, 2.45) is 0 Å². The molecule has 0 atom stereocenters. The van der Waals surface area contributed by atoms with Gasteiger partial charge in [-0.15, -0.1) is 0 Å². The summed E-state index contributed by atoms with van der Waals surface area (Å²) in [7, 11) is 0. The number of nitrogens with one attached hydrogen (secondary N) is 2. The molecular formula is C15H15FN2S. The average molecular weight is 274 g/mol. The van der Waals surface area contributed by atoms with Crippen LogP contribution < -0.4 is 10.6 Å². The summed E-state index contributed by atoms with van der Waals surface area (Å²) in [4.78, 5) is 0. The number of halogens is 1. The normalized spacial score (nSPS) is 10.1. The van der Waals surface area contributed by atoms with Gasteiger partial charge in [0, 0.05) is 5.69 Å². The summed E-state index contributed by atoms with van der Waals surface area (Å²) in [5.41, 5.74) is 3.40. The van der Waals surface area contributed by atoms with Crippen molar-refractivity contribution in [3.8, 4) is 0 Å². The maximum absolute atomic E-state index is 13.6. The smallest absolute Gasteiger partial charge is 0.175 e. The minimum atomic E-state index is -0.321. The average Bonchev–Trinajstić information content (AvgIpc) is 2.37. The number of rotatable bonds is 2. The summed E-state index contributed by atoms with van der Waals surface area (Å²) in [5.74, 6) is -0.321. The van der Waals surface area contributed by atoms with Crippen LogP contribution in [0.3, 0.4) is 0 Å². The maximum atomic E-state index is 13.6. The fourth-order valence-corrected chi connectivity index (χ4v) is 1.88. The van der Waals surface area contributed by atoms with Crippen LogP contribution in [0, 0.1) is 19.7 Å². The van der Waals surface area contributed by atoms with Gasteiger partial charge in [0.05, 0.1) is 5.69 Å². The van der Waals surface area contributed by atoms with Crippen molar-refractivity contribution in [1.82, 2.24) is 0 Å². The fraction of sp³-hybridized carbons (Fsp3) is 0.133. The molecule has 0 amide bonds. The van der Waals surface area contributed by atoms with Gasteiger partial charge < -0.3 is 10.6 Å². The molecule has 2 aromatic rings. The Labute approximate surface area is 117 Å². The molecule has 4 heteroatoms. The summed E-state index contributed by atoms with van der Waals surface area (Å²) in [6.07, 6.45) is 0. The molecule has 0 spiro atoms. The molecule has 0 aliphatic carbocycles. The number of hydrogen-bond acceptors (Lipinski definition) is 1. The van der Waals surface area contributed by atoms with E-state index in [1.165, 1.54) is 11.6 Å². The van der Waals surface area contributed by atoms with E-state index < -0.39 is 0 Å². The highest BCUT2D eigenvalue weighted by Crippen LogP contribution is 2.16. The Morgan fingerprint density at radius 3 is 2.26 bits per heavy atom. The lowest BCUT2D eigenvalue weighted by Gasteiger charge is -2.12. The lowest BCUT2D eigenvalue weighted by Crippen LogP contribution is -2.19. The molecule has 98 valence electrons. The molecule has 19 heavy (non-hydrogen) atoms. The Bertz CT molecular complexity index is 594. The van der Waals surface area contributed by atoms with Gasteiger partial charge in [-0.2, -0.15) is 0 Å². The quantitative estimate of drug-likeness (QED) is 0.800. The highest BCUT2D eigenvalue weighted by atomic mass is 32.1.